The largest absolute Gasteiger partial charge is 0.382 e. The first-order chi connectivity index (χ1) is 7.57. The second-order valence-electron chi connectivity index (χ2n) is 2.95. The molecule has 0 atom stereocenters. The van der Waals surface area contributed by atoms with Crippen molar-refractivity contribution in [1.82, 2.24) is 0 Å². The number of alkyl halides is 1. The Kier molecular flexibility index (Phi) is 5.46. The lowest BCUT2D eigenvalue weighted by atomic mass is 10.2. The summed E-state index contributed by atoms with van der Waals surface area (Å²) in [7, 11) is -3.50. The van der Waals surface area contributed by atoms with Gasteiger partial charge in [-0.3, -0.25) is 5.26 Å². The third-order valence-electron chi connectivity index (χ3n) is 1.70. The normalized spacial score (nSPS) is 11.4. The quantitative estimate of drug-likeness (QED) is 0.276. The molecule has 0 spiro atoms. The number of hydrogen-bond acceptors (Lipinski definition) is 5. The van der Waals surface area contributed by atoms with Crippen LogP contribution in [0.1, 0.15) is 5.56 Å². The predicted molar refractivity (Wildman–Crippen MR) is 67.2 cm³/mol. The van der Waals surface area contributed by atoms with Gasteiger partial charge in [0.1, 0.15) is 12.4 Å². The van der Waals surface area contributed by atoms with Gasteiger partial charge >= 0.3 is 10.1 Å². The topological polar surface area (TPSA) is 72.8 Å². The number of halogens is 1. The minimum absolute atomic E-state index is 0.0188. The highest BCUT2D eigenvalue weighted by molar-refractivity contribution is 14.1. The van der Waals surface area contributed by atoms with Crippen LogP contribution in [0.15, 0.2) is 24.3 Å². The van der Waals surface area contributed by atoms with Crippen molar-refractivity contribution < 1.29 is 22.7 Å². The van der Waals surface area contributed by atoms with Crippen molar-refractivity contribution >= 4 is 32.7 Å². The van der Waals surface area contributed by atoms with Crippen molar-refractivity contribution in [3.63, 3.8) is 0 Å². The molecule has 1 aromatic rings. The van der Waals surface area contributed by atoms with E-state index in [1.54, 1.807) is 12.1 Å². The van der Waals surface area contributed by atoms with E-state index in [1.807, 2.05) is 22.6 Å². The van der Waals surface area contributed by atoms with Crippen LogP contribution in [0.4, 0.5) is 0 Å². The molecule has 0 aliphatic heterocycles. The Morgan fingerprint density at radius 2 is 1.88 bits per heavy atom. The van der Waals surface area contributed by atoms with Crippen LogP contribution in [0, 0.1) is 0 Å². The van der Waals surface area contributed by atoms with Crippen LogP contribution < -0.4 is 4.18 Å². The van der Waals surface area contributed by atoms with E-state index in [4.69, 9.17) is 9.44 Å². The Morgan fingerprint density at radius 1 is 1.25 bits per heavy atom. The Morgan fingerprint density at radius 3 is 2.38 bits per heavy atom. The summed E-state index contributed by atoms with van der Waals surface area (Å²) in [5.41, 5.74) is 0.723. The van der Waals surface area contributed by atoms with Crippen molar-refractivity contribution in [2.75, 3.05) is 10.2 Å². The highest BCUT2D eigenvalue weighted by Crippen LogP contribution is 2.15. The molecule has 0 radical (unpaired) electrons. The third kappa shape index (κ3) is 4.64. The maximum atomic E-state index is 11.3. The summed E-state index contributed by atoms with van der Waals surface area (Å²) in [5.74, 6) is 0.237. The first kappa shape index (κ1) is 13.7. The summed E-state index contributed by atoms with van der Waals surface area (Å²) in [6.45, 7) is 0.0563. The summed E-state index contributed by atoms with van der Waals surface area (Å²) < 4.78 is 28.0. The van der Waals surface area contributed by atoms with Gasteiger partial charge in [0.2, 0.25) is 0 Å². The van der Waals surface area contributed by atoms with Crippen molar-refractivity contribution in [3.8, 4) is 5.75 Å². The van der Waals surface area contributed by atoms with E-state index in [-0.39, 0.29) is 18.1 Å². The van der Waals surface area contributed by atoms with E-state index in [9.17, 15) is 8.42 Å². The summed E-state index contributed by atoms with van der Waals surface area (Å²) in [5, 5.41) is 8.22. The number of benzene rings is 1. The van der Waals surface area contributed by atoms with Gasteiger partial charge in [-0.1, -0.05) is 34.7 Å². The summed E-state index contributed by atoms with van der Waals surface area (Å²) in [6, 6.07) is 6.26. The first-order valence-corrected chi connectivity index (χ1v) is 7.51. The molecule has 0 unspecified atom stereocenters. The van der Waals surface area contributed by atoms with Crippen molar-refractivity contribution in [2.45, 2.75) is 6.61 Å². The third-order valence-corrected chi connectivity index (χ3v) is 4.13. The van der Waals surface area contributed by atoms with Gasteiger partial charge < -0.3 is 4.18 Å². The second kappa shape index (κ2) is 6.38. The van der Waals surface area contributed by atoms with Crippen LogP contribution in [0.25, 0.3) is 0 Å². The Bertz CT molecular complexity index is 414. The molecule has 1 N–H and O–H groups in total. The first-order valence-electron chi connectivity index (χ1n) is 4.41. The fraction of sp³-hybridized carbons (Fsp3) is 0.333. The van der Waals surface area contributed by atoms with Gasteiger partial charge in [-0.05, 0) is 17.7 Å². The van der Waals surface area contributed by atoms with E-state index in [1.165, 1.54) is 12.1 Å². The maximum absolute atomic E-state index is 11.3. The zero-order valence-electron chi connectivity index (χ0n) is 8.30. The summed E-state index contributed by atoms with van der Waals surface area (Å²) in [6.07, 6.45) is 0. The minimum atomic E-state index is -3.50. The molecule has 5 nitrogen and oxygen atoms in total. The smallest absolute Gasteiger partial charge is 0.309 e. The molecule has 90 valence electrons. The molecule has 1 rings (SSSR count). The van der Waals surface area contributed by atoms with Gasteiger partial charge in [-0.2, -0.15) is 8.42 Å². The molecule has 0 amide bonds. The van der Waals surface area contributed by atoms with E-state index in [0.29, 0.717) is 4.43 Å². The van der Waals surface area contributed by atoms with Crippen LogP contribution >= 0.6 is 22.6 Å². The Hall–Kier alpha value is -0.380. The average molecular weight is 358 g/mol. The molecular formula is C9H11IO5S. The van der Waals surface area contributed by atoms with E-state index < -0.39 is 10.1 Å². The maximum Gasteiger partial charge on any atom is 0.309 e. The highest BCUT2D eigenvalue weighted by Gasteiger charge is 2.11. The molecule has 1 aromatic carbocycles. The molecule has 0 aliphatic rings. The monoisotopic (exact) mass is 358 g/mol. The van der Waals surface area contributed by atoms with E-state index >= 15 is 0 Å². The van der Waals surface area contributed by atoms with Crippen LogP contribution in [0.5, 0.6) is 5.75 Å². The van der Waals surface area contributed by atoms with Gasteiger partial charge in [-0.15, -0.1) is 0 Å². The van der Waals surface area contributed by atoms with Crippen LogP contribution in [-0.4, -0.2) is 23.9 Å². The fourth-order valence-corrected chi connectivity index (χ4v) is 3.29. The summed E-state index contributed by atoms with van der Waals surface area (Å²) in [4.78, 5) is 3.95. The molecule has 0 fully saturated rings. The zero-order chi connectivity index (χ0) is 12.0. The molecule has 0 heterocycles. The second-order valence-corrected chi connectivity index (χ2v) is 5.72. The fourth-order valence-electron chi connectivity index (χ4n) is 0.999. The van der Waals surface area contributed by atoms with Gasteiger partial charge in [0.25, 0.3) is 0 Å². The number of hydrogen-bond donors (Lipinski definition) is 1. The molecule has 16 heavy (non-hydrogen) atoms. The average Bonchev–Trinajstić information content (AvgIpc) is 2.21. The highest BCUT2D eigenvalue weighted by atomic mass is 127. The van der Waals surface area contributed by atoms with E-state index in [2.05, 4.69) is 4.89 Å². The summed E-state index contributed by atoms with van der Waals surface area (Å²) >= 11 is 1.97. The Balaban J connectivity index is 2.68. The SMILES string of the molecule is O=S(=O)(CCI)Oc1ccc(COO)cc1. The molecule has 0 aliphatic carbocycles. The zero-order valence-corrected chi connectivity index (χ0v) is 11.3. The van der Waals surface area contributed by atoms with Crippen LogP contribution in [0.3, 0.4) is 0 Å². The van der Waals surface area contributed by atoms with Crippen LogP contribution in [-0.2, 0) is 21.6 Å². The molecule has 0 aromatic heterocycles. The lowest BCUT2D eigenvalue weighted by Crippen LogP contribution is -2.14. The number of rotatable bonds is 6. The van der Waals surface area contributed by atoms with Gasteiger partial charge in [0.15, 0.2) is 0 Å². The van der Waals surface area contributed by atoms with E-state index in [0.717, 1.165) is 5.56 Å². The molecule has 0 bridgehead atoms. The van der Waals surface area contributed by atoms with Gasteiger partial charge in [0, 0.05) is 4.43 Å². The van der Waals surface area contributed by atoms with Crippen molar-refractivity contribution in [3.05, 3.63) is 29.8 Å². The minimum Gasteiger partial charge on any atom is -0.382 e. The predicted octanol–water partition coefficient (Wildman–Crippen LogP) is 1.82. The lowest BCUT2D eigenvalue weighted by Gasteiger charge is -2.06. The Labute approximate surface area is 108 Å². The molecule has 0 saturated carbocycles. The van der Waals surface area contributed by atoms with Crippen molar-refractivity contribution in [2.24, 2.45) is 0 Å². The lowest BCUT2D eigenvalue weighted by molar-refractivity contribution is -0.253. The van der Waals surface area contributed by atoms with Crippen LogP contribution in [0.2, 0.25) is 0 Å². The molecule has 0 saturated heterocycles. The van der Waals surface area contributed by atoms with Gasteiger partial charge in [-0.25, -0.2) is 4.89 Å². The molecule has 7 heteroatoms. The standard InChI is InChI=1S/C9H11IO5S/c10-5-6-16(12,13)15-9-3-1-8(2-4-9)7-14-11/h1-4,11H,5-7H2. The molecular weight excluding hydrogens is 347 g/mol. The van der Waals surface area contributed by atoms with Gasteiger partial charge in [0.05, 0.1) is 5.75 Å². The van der Waals surface area contributed by atoms with Crippen molar-refractivity contribution in [1.29, 1.82) is 0 Å².